The molecule has 1 rings (SSSR count). The van der Waals surface area contributed by atoms with Gasteiger partial charge in [0.1, 0.15) is 18.2 Å². The molecule has 16 heavy (non-hydrogen) atoms. The number of hydrogen-bond acceptors (Lipinski definition) is 5. The van der Waals surface area contributed by atoms with Gasteiger partial charge in [0.05, 0.1) is 6.54 Å². The zero-order valence-corrected chi connectivity index (χ0v) is 8.95. The van der Waals surface area contributed by atoms with Crippen LogP contribution in [0.4, 0.5) is 10.6 Å². The number of amides is 1. The lowest BCUT2D eigenvalue weighted by molar-refractivity contribution is 0.161. The number of nitrogens with zero attached hydrogens (tertiary/aromatic N) is 1. The van der Waals surface area contributed by atoms with Crippen LogP contribution in [-0.2, 0) is 11.2 Å². The number of primary amides is 1. The van der Waals surface area contributed by atoms with E-state index >= 15 is 0 Å². The van der Waals surface area contributed by atoms with Crippen LogP contribution in [0.2, 0.25) is 0 Å². The molecular formula is C9H14N4O3. The lowest BCUT2D eigenvalue weighted by Gasteiger charge is -2.06. The van der Waals surface area contributed by atoms with Crippen molar-refractivity contribution in [3.8, 4) is 0 Å². The summed E-state index contributed by atoms with van der Waals surface area (Å²) < 4.78 is 4.51. The predicted octanol–water partition coefficient (Wildman–Crippen LogP) is -0.160. The fourth-order valence-electron chi connectivity index (χ4n) is 1.10. The molecule has 0 aliphatic rings. The molecule has 1 heterocycles. The molecule has 88 valence electrons. The van der Waals surface area contributed by atoms with Gasteiger partial charge in [-0.25, -0.2) is 9.78 Å². The molecule has 0 aromatic carbocycles. The van der Waals surface area contributed by atoms with Gasteiger partial charge in [0.2, 0.25) is 0 Å². The number of aromatic amines is 1. The van der Waals surface area contributed by atoms with Crippen molar-refractivity contribution in [2.45, 2.75) is 13.3 Å². The van der Waals surface area contributed by atoms with Crippen molar-refractivity contribution < 1.29 is 9.53 Å². The largest absolute Gasteiger partial charge is 0.448 e. The van der Waals surface area contributed by atoms with Gasteiger partial charge in [-0.15, -0.1) is 0 Å². The average Bonchev–Trinajstić information content (AvgIpc) is 2.23. The van der Waals surface area contributed by atoms with Crippen molar-refractivity contribution in [1.82, 2.24) is 9.97 Å². The molecular weight excluding hydrogens is 212 g/mol. The maximum Gasteiger partial charge on any atom is 0.404 e. The van der Waals surface area contributed by atoms with Crippen LogP contribution in [0.15, 0.2) is 10.9 Å². The standard InChI is InChI=1S/C9H14N4O3/c1-2-6-12-7(5-8(14)13-6)11-3-4-16-9(10)15/h5H,2-4H2,1H3,(H2,10,15)(H2,11,12,13,14). The van der Waals surface area contributed by atoms with Gasteiger partial charge in [-0.3, -0.25) is 4.79 Å². The summed E-state index contributed by atoms with van der Waals surface area (Å²) in [6, 6.07) is 1.34. The van der Waals surface area contributed by atoms with Crippen LogP contribution in [0.25, 0.3) is 0 Å². The molecule has 0 fully saturated rings. The van der Waals surface area contributed by atoms with Crippen LogP contribution < -0.4 is 16.6 Å². The average molecular weight is 226 g/mol. The number of hydrogen-bond donors (Lipinski definition) is 3. The van der Waals surface area contributed by atoms with Crippen LogP contribution in [0, 0.1) is 0 Å². The van der Waals surface area contributed by atoms with Gasteiger partial charge in [-0.1, -0.05) is 6.92 Å². The Morgan fingerprint density at radius 1 is 1.69 bits per heavy atom. The summed E-state index contributed by atoms with van der Waals surface area (Å²) in [5, 5.41) is 2.85. The van der Waals surface area contributed by atoms with E-state index in [-0.39, 0.29) is 12.2 Å². The van der Waals surface area contributed by atoms with E-state index in [2.05, 4.69) is 20.0 Å². The van der Waals surface area contributed by atoms with Gasteiger partial charge in [0, 0.05) is 12.5 Å². The minimum atomic E-state index is -0.824. The number of ether oxygens (including phenoxy) is 1. The van der Waals surface area contributed by atoms with E-state index in [4.69, 9.17) is 5.73 Å². The maximum absolute atomic E-state index is 11.2. The Morgan fingerprint density at radius 3 is 3.06 bits per heavy atom. The predicted molar refractivity (Wildman–Crippen MR) is 58.3 cm³/mol. The highest BCUT2D eigenvalue weighted by atomic mass is 16.5. The molecule has 1 aromatic rings. The number of carbonyl (C=O) groups excluding carboxylic acids is 1. The fraction of sp³-hybridized carbons (Fsp3) is 0.444. The Bertz CT molecular complexity index is 415. The molecule has 0 aliphatic carbocycles. The molecule has 0 atom stereocenters. The highest BCUT2D eigenvalue weighted by molar-refractivity contribution is 5.64. The summed E-state index contributed by atoms with van der Waals surface area (Å²) in [7, 11) is 0. The van der Waals surface area contributed by atoms with E-state index < -0.39 is 6.09 Å². The minimum Gasteiger partial charge on any atom is -0.448 e. The summed E-state index contributed by atoms with van der Waals surface area (Å²) in [5.41, 5.74) is 4.56. The molecule has 0 saturated carbocycles. The summed E-state index contributed by atoms with van der Waals surface area (Å²) in [6.07, 6.45) is -0.183. The topological polar surface area (TPSA) is 110 Å². The fourth-order valence-corrected chi connectivity index (χ4v) is 1.10. The third-order valence-corrected chi connectivity index (χ3v) is 1.78. The number of rotatable bonds is 5. The molecule has 0 aliphatic heterocycles. The van der Waals surface area contributed by atoms with Crippen LogP contribution in [0.5, 0.6) is 0 Å². The Hall–Kier alpha value is -2.05. The molecule has 0 unspecified atom stereocenters. The second kappa shape index (κ2) is 5.74. The maximum atomic E-state index is 11.2. The first-order valence-electron chi connectivity index (χ1n) is 4.88. The molecule has 0 bridgehead atoms. The normalized spacial score (nSPS) is 9.81. The first-order chi connectivity index (χ1) is 7.61. The van der Waals surface area contributed by atoms with Gasteiger partial charge >= 0.3 is 6.09 Å². The SMILES string of the molecule is CCc1nc(NCCOC(N)=O)cc(=O)[nH]1. The zero-order valence-electron chi connectivity index (χ0n) is 8.95. The van der Waals surface area contributed by atoms with Crippen LogP contribution in [0.3, 0.4) is 0 Å². The van der Waals surface area contributed by atoms with Gasteiger partial charge in [-0.2, -0.15) is 0 Å². The molecule has 7 nitrogen and oxygen atoms in total. The zero-order chi connectivity index (χ0) is 12.0. The first kappa shape index (κ1) is 12.0. The number of carbonyl (C=O) groups is 1. The Kier molecular flexibility index (Phi) is 4.31. The molecule has 7 heteroatoms. The summed E-state index contributed by atoms with van der Waals surface area (Å²) in [5.74, 6) is 1.06. The number of nitrogens with one attached hydrogen (secondary N) is 2. The Balaban J connectivity index is 2.50. The lowest BCUT2D eigenvalue weighted by Crippen LogP contribution is -2.20. The quantitative estimate of drug-likeness (QED) is 0.604. The number of aromatic nitrogens is 2. The molecule has 1 amide bonds. The third kappa shape index (κ3) is 3.99. The smallest absolute Gasteiger partial charge is 0.404 e. The molecule has 0 spiro atoms. The van der Waals surface area contributed by atoms with Gasteiger partial charge in [0.25, 0.3) is 5.56 Å². The van der Waals surface area contributed by atoms with E-state index in [1.807, 2.05) is 6.92 Å². The molecule has 4 N–H and O–H groups in total. The summed E-state index contributed by atoms with van der Waals surface area (Å²) in [6.45, 7) is 2.37. The van der Waals surface area contributed by atoms with E-state index in [1.54, 1.807) is 0 Å². The number of aryl methyl sites for hydroxylation is 1. The monoisotopic (exact) mass is 226 g/mol. The van der Waals surface area contributed by atoms with E-state index in [0.717, 1.165) is 0 Å². The third-order valence-electron chi connectivity index (χ3n) is 1.78. The number of H-pyrrole nitrogens is 1. The first-order valence-corrected chi connectivity index (χ1v) is 4.88. The van der Waals surface area contributed by atoms with Gasteiger partial charge in [-0.05, 0) is 0 Å². The van der Waals surface area contributed by atoms with Crippen molar-refractivity contribution in [2.24, 2.45) is 5.73 Å². The lowest BCUT2D eigenvalue weighted by atomic mass is 10.4. The number of anilines is 1. The molecule has 0 radical (unpaired) electrons. The summed E-state index contributed by atoms with van der Waals surface area (Å²) >= 11 is 0. The Labute approximate surface area is 92.0 Å². The highest BCUT2D eigenvalue weighted by Gasteiger charge is 1.99. The molecule has 1 aromatic heterocycles. The van der Waals surface area contributed by atoms with Crippen molar-refractivity contribution >= 4 is 11.9 Å². The number of nitrogens with two attached hydrogens (primary N) is 1. The Morgan fingerprint density at radius 2 is 2.44 bits per heavy atom. The van der Waals surface area contributed by atoms with E-state index in [0.29, 0.717) is 24.6 Å². The van der Waals surface area contributed by atoms with Crippen LogP contribution >= 0.6 is 0 Å². The van der Waals surface area contributed by atoms with E-state index in [9.17, 15) is 9.59 Å². The second-order valence-electron chi connectivity index (χ2n) is 3.03. The van der Waals surface area contributed by atoms with Crippen molar-refractivity contribution in [1.29, 1.82) is 0 Å². The van der Waals surface area contributed by atoms with Gasteiger partial charge < -0.3 is 20.8 Å². The van der Waals surface area contributed by atoms with Crippen LogP contribution in [-0.4, -0.2) is 29.2 Å². The van der Waals surface area contributed by atoms with Gasteiger partial charge in [0.15, 0.2) is 0 Å². The highest BCUT2D eigenvalue weighted by Crippen LogP contribution is 1.98. The van der Waals surface area contributed by atoms with E-state index in [1.165, 1.54) is 6.07 Å². The van der Waals surface area contributed by atoms with Crippen molar-refractivity contribution in [3.05, 3.63) is 22.2 Å². The molecule has 0 saturated heterocycles. The minimum absolute atomic E-state index is 0.130. The van der Waals surface area contributed by atoms with Crippen LogP contribution in [0.1, 0.15) is 12.7 Å². The van der Waals surface area contributed by atoms with Crippen molar-refractivity contribution in [3.63, 3.8) is 0 Å². The second-order valence-corrected chi connectivity index (χ2v) is 3.03. The van der Waals surface area contributed by atoms with Crippen molar-refractivity contribution in [2.75, 3.05) is 18.5 Å². The summed E-state index contributed by atoms with van der Waals surface area (Å²) in [4.78, 5) is 28.2.